The maximum absolute atomic E-state index is 6.27. The molecule has 0 aliphatic heterocycles. The standard InChI is InChI=1S/C32H28Cl2N4O2/c1-39-21-7-11-27-25(17-21)31(23-9-5-19(33)15-29(23)37-27)35-13-3-4-14-36-32-24-10-6-20(34)16-30(24)38-28-12-8-22(40-2)18-26(28)32/h5-12,15-18H,3-4,13-14H2,1-2H3,(H,35,37)(H,36,38). The fraction of sp³-hybridized carbons (Fsp3) is 0.188. The number of nitrogens with zero attached hydrogens (tertiary/aromatic N) is 2. The normalized spacial score (nSPS) is 11.4. The van der Waals surface area contributed by atoms with Crippen LogP contribution >= 0.6 is 23.2 Å². The van der Waals surface area contributed by atoms with Gasteiger partial charge in [0.15, 0.2) is 0 Å². The lowest BCUT2D eigenvalue weighted by molar-refractivity contribution is 0.415. The van der Waals surface area contributed by atoms with Gasteiger partial charge in [0.1, 0.15) is 11.5 Å². The molecule has 0 amide bonds. The Kier molecular flexibility index (Phi) is 7.37. The van der Waals surface area contributed by atoms with Crippen LogP contribution in [-0.2, 0) is 0 Å². The van der Waals surface area contributed by atoms with E-state index >= 15 is 0 Å². The molecule has 0 unspecified atom stereocenters. The van der Waals surface area contributed by atoms with Crippen LogP contribution in [0.3, 0.4) is 0 Å². The lowest BCUT2D eigenvalue weighted by atomic mass is 10.1. The van der Waals surface area contributed by atoms with E-state index in [2.05, 4.69) is 10.6 Å². The minimum Gasteiger partial charge on any atom is -0.497 e. The van der Waals surface area contributed by atoms with Crippen LogP contribution in [0.2, 0.25) is 10.0 Å². The van der Waals surface area contributed by atoms with Gasteiger partial charge in [-0.25, -0.2) is 9.97 Å². The topological polar surface area (TPSA) is 68.3 Å². The van der Waals surface area contributed by atoms with Crippen molar-refractivity contribution in [2.75, 3.05) is 37.9 Å². The van der Waals surface area contributed by atoms with Crippen LogP contribution in [-0.4, -0.2) is 37.3 Å². The number of hydrogen-bond donors (Lipinski definition) is 2. The average molecular weight is 572 g/mol. The molecule has 0 aliphatic carbocycles. The van der Waals surface area contributed by atoms with E-state index in [1.165, 1.54) is 0 Å². The number of anilines is 2. The lowest BCUT2D eigenvalue weighted by Gasteiger charge is -2.16. The number of aromatic nitrogens is 2. The first kappa shape index (κ1) is 26.2. The predicted octanol–water partition coefficient (Wildman–Crippen LogP) is 8.72. The molecule has 2 aromatic heterocycles. The molecule has 6 aromatic rings. The first-order chi connectivity index (χ1) is 19.5. The highest BCUT2D eigenvalue weighted by atomic mass is 35.5. The molecule has 0 saturated heterocycles. The van der Waals surface area contributed by atoms with E-state index < -0.39 is 0 Å². The predicted molar refractivity (Wildman–Crippen MR) is 168 cm³/mol. The van der Waals surface area contributed by atoms with Crippen molar-refractivity contribution in [3.8, 4) is 11.5 Å². The van der Waals surface area contributed by atoms with Gasteiger partial charge in [-0.1, -0.05) is 23.2 Å². The number of pyridine rings is 2. The Bertz CT molecular complexity index is 1740. The third-order valence-electron chi connectivity index (χ3n) is 7.09. The number of hydrogen-bond acceptors (Lipinski definition) is 6. The monoisotopic (exact) mass is 570 g/mol. The molecule has 4 aromatic carbocycles. The summed E-state index contributed by atoms with van der Waals surface area (Å²) in [6.45, 7) is 1.61. The van der Waals surface area contributed by atoms with Crippen molar-refractivity contribution in [1.29, 1.82) is 0 Å². The van der Waals surface area contributed by atoms with Gasteiger partial charge in [-0.15, -0.1) is 0 Å². The lowest BCUT2D eigenvalue weighted by Crippen LogP contribution is -2.08. The molecule has 6 rings (SSSR count). The Morgan fingerprint density at radius 1 is 0.550 bits per heavy atom. The van der Waals surface area contributed by atoms with E-state index in [0.29, 0.717) is 10.0 Å². The summed E-state index contributed by atoms with van der Waals surface area (Å²) in [4.78, 5) is 9.64. The molecule has 0 aliphatic rings. The molecule has 0 spiro atoms. The van der Waals surface area contributed by atoms with Crippen LogP contribution in [0.5, 0.6) is 11.5 Å². The molecule has 40 heavy (non-hydrogen) atoms. The minimum absolute atomic E-state index is 0.668. The van der Waals surface area contributed by atoms with Gasteiger partial charge in [0.2, 0.25) is 0 Å². The van der Waals surface area contributed by atoms with E-state index in [1.54, 1.807) is 14.2 Å². The Morgan fingerprint density at radius 3 is 1.43 bits per heavy atom. The molecule has 0 saturated carbocycles. The fourth-order valence-electron chi connectivity index (χ4n) is 5.10. The summed E-state index contributed by atoms with van der Waals surface area (Å²) in [6, 6.07) is 23.5. The van der Waals surface area contributed by atoms with Crippen LogP contribution < -0.4 is 20.1 Å². The molecule has 8 heteroatoms. The van der Waals surface area contributed by atoms with Crippen LogP contribution in [0.1, 0.15) is 12.8 Å². The van der Waals surface area contributed by atoms with Crippen molar-refractivity contribution in [2.45, 2.75) is 12.8 Å². The van der Waals surface area contributed by atoms with Crippen LogP contribution in [0.4, 0.5) is 11.4 Å². The summed E-state index contributed by atoms with van der Waals surface area (Å²) in [7, 11) is 3.35. The maximum atomic E-state index is 6.27. The number of fused-ring (bicyclic) bond motifs is 4. The van der Waals surface area contributed by atoms with E-state index in [1.807, 2.05) is 72.8 Å². The number of halogens is 2. The smallest absolute Gasteiger partial charge is 0.119 e. The summed E-state index contributed by atoms with van der Waals surface area (Å²) in [6.07, 6.45) is 1.93. The highest BCUT2D eigenvalue weighted by Crippen LogP contribution is 2.35. The number of ether oxygens (including phenoxy) is 2. The van der Waals surface area contributed by atoms with Crippen molar-refractivity contribution in [3.05, 3.63) is 82.8 Å². The van der Waals surface area contributed by atoms with E-state index in [4.69, 9.17) is 42.6 Å². The van der Waals surface area contributed by atoms with Crippen molar-refractivity contribution < 1.29 is 9.47 Å². The van der Waals surface area contributed by atoms with Gasteiger partial charge in [-0.05, 0) is 85.6 Å². The summed E-state index contributed by atoms with van der Waals surface area (Å²) < 4.78 is 11.0. The first-order valence-corrected chi connectivity index (χ1v) is 13.9. The summed E-state index contributed by atoms with van der Waals surface area (Å²) in [5.74, 6) is 1.59. The Morgan fingerprint density at radius 2 is 1.00 bits per heavy atom. The zero-order valence-electron chi connectivity index (χ0n) is 22.2. The summed E-state index contributed by atoms with van der Waals surface area (Å²) in [5.41, 5.74) is 5.60. The largest absolute Gasteiger partial charge is 0.497 e. The molecule has 202 valence electrons. The number of benzene rings is 4. The van der Waals surface area contributed by atoms with Crippen LogP contribution in [0.15, 0.2) is 72.8 Å². The minimum atomic E-state index is 0.668. The Hall–Kier alpha value is -4.00. The van der Waals surface area contributed by atoms with Gasteiger partial charge < -0.3 is 20.1 Å². The van der Waals surface area contributed by atoms with Gasteiger partial charge in [0.05, 0.1) is 47.7 Å². The third-order valence-corrected chi connectivity index (χ3v) is 7.56. The van der Waals surface area contributed by atoms with Crippen LogP contribution in [0, 0.1) is 0 Å². The number of methoxy groups -OCH3 is 2. The maximum Gasteiger partial charge on any atom is 0.119 e. The van der Waals surface area contributed by atoms with Gasteiger partial charge in [0, 0.05) is 44.7 Å². The molecule has 2 N–H and O–H groups in total. The second-order valence-corrected chi connectivity index (χ2v) is 10.5. The number of nitrogens with one attached hydrogen (secondary N) is 2. The average Bonchev–Trinajstić information content (AvgIpc) is 2.97. The zero-order chi connectivity index (χ0) is 27.6. The quantitative estimate of drug-likeness (QED) is 0.134. The molecule has 0 atom stereocenters. The van der Waals surface area contributed by atoms with E-state index in [9.17, 15) is 0 Å². The highest BCUT2D eigenvalue weighted by molar-refractivity contribution is 6.32. The second kappa shape index (κ2) is 11.2. The molecule has 2 heterocycles. The van der Waals surface area contributed by atoms with Gasteiger partial charge in [0.25, 0.3) is 0 Å². The summed E-state index contributed by atoms with van der Waals surface area (Å²) in [5, 5.41) is 12.8. The Balaban J connectivity index is 1.21. The molecular formula is C32H28Cl2N4O2. The van der Waals surface area contributed by atoms with Crippen molar-refractivity contribution in [1.82, 2.24) is 9.97 Å². The van der Waals surface area contributed by atoms with Crippen LogP contribution in [0.25, 0.3) is 43.6 Å². The van der Waals surface area contributed by atoms with Crippen molar-refractivity contribution in [3.63, 3.8) is 0 Å². The SMILES string of the molecule is COc1ccc2nc3cc(Cl)ccc3c(NCCCCNc3c4ccc(Cl)cc4nc4ccc(OC)cc34)c2c1. The van der Waals surface area contributed by atoms with Gasteiger partial charge in [-0.2, -0.15) is 0 Å². The van der Waals surface area contributed by atoms with Gasteiger partial charge >= 0.3 is 0 Å². The zero-order valence-corrected chi connectivity index (χ0v) is 23.7. The highest BCUT2D eigenvalue weighted by Gasteiger charge is 2.12. The third kappa shape index (κ3) is 5.12. The molecular weight excluding hydrogens is 543 g/mol. The molecule has 0 radical (unpaired) electrons. The summed E-state index contributed by atoms with van der Waals surface area (Å²) >= 11 is 12.5. The fourth-order valence-corrected chi connectivity index (χ4v) is 5.44. The van der Waals surface area contributed by atoms with Crippen molar-refractivity contribution >= 4 is 78.2 Å². The molecule has 0 bridgehead atoms. The van der Waals surface area contributed by atoms with E-state index in [0.717, 1.165) is 92.4 Å². The molecule has 0 fully saturated rings. The first-order valence-electron chi connectivity index (χ1n) is 13.2. The number of rotatable bonds is 9. The Labute approximate surface area is 242 Å². The van der Waals surface area contributed by atoms with E-state index in [-0.39, 0.29) is 0 Å². The second-order valence-electron chi connectivity index (χ2n) is 9.62. The molecule has 6 nitrogen and oxygen atoms in total. The van der Waals surface area contributed by atoms with Gasteiger partial charge in [-0.3, -0.25) is 0 Å². The van der Waals surface area contributed by atoms with Crippen molar-refractivity contribution in [2.24, 2.45) is 0 Å². The number of unbranched alkanes of at least 4 members (excludes halogenated alkanes) is 1.